The number of hydrogen-bond donors (Lipinski definition) is 1. The SMILES string of the molecule is C=C/C=C(/Cc1ccccc1)C(/C=C(\CC1CC1)C(=O)O)=C(C)C. The van der Waals surface area contributed by atoms with E-state index in [2.05, 4.69) is 18.7 Å². The van der Waals surface area contributed by atoms with Gasteiger partial charge in [0.1, 0.15) is 0 Å². The Morgan fingerprint density at radius 1 is 1.21 bits per heavy atom. The molecule has 2 rings (SSSR count). The summed E-state index contributed by atoms with van der Waals surface area (Å²) in [5.74, 6) is -0.259. The molecule has 24 heavy (non-hydrogen) atoms. The second-order valence-electron chi connectivity index (χ2n) is 6.63. The molecule has 0 atom stereocenters. The zero-order chi connectivity index (χ0) is 17.5. The monoisotopic (exact) mass is 322 g/mol. The third-order valence-electron chi connectivity index (χ3n) is 4.24. The average molecular weight is 322 g/mol. The van der Waals surface area contributed by atoms with Crippen molar-refractivity contribution in [1.82, 2.24) is 0 Å². The summed E-state index contributed by atoms with van der Waals surface area (Å²) in [5, 5.41) is 9.55. The minimum Gasteiger partial charge on any atom is -0.478 e. The van der Waals surface area contributed by atoms with Crippen molar-refractivity contribution in [2.75, 3.05) is 0 Å². The van der Waals surface area contributed by atoms with E-state index in [1.54, 1.807) is 6.08 Å². The van der Waals surface area contributed by atoms with Gasteiger partial charge in [-0.2, -0.15) is 0 Å². The van der Waals surface area contributed by atoms with E-state index in [-0.39, 0.29) is 0 Å². The first kappa shape index (κ1) is 18.0. The molecule has 1 aliphatic carbocycles. The molecule has 1 aromatic rings. The summed E-state index contributed by atoms with van der Waals surface area (Å²) >= 11 is 0. The quantitative estimate of drug-likeness (QED) is 0.507. The minimum atomic E-state index is -0.807. The molecule has 1 fully saturated rings. The smallest absolute Gasteiger partial charge is 0.331 e. The van der Waals surface area contributed by atoms with E-state index >= 15 is 0 Å². The van der Waals surface area contributed by atoms with E-state index in [1.807, 2.05) is 44.2 Å². The number of hydrogen-bond acceptors (Lipinski definition) is 1. The Bertz CT molecular complexity index is 682. The van der Waals surface area contributed by atoms with Crippen LogP contribution in [-0.2, 0) is 11.2 Å². The third kappa shape index (κ3) is 5.38. The number of carbonyl (C=O) groups is 1. The van der Waals surface area contributed by atoms with E-state index in [9.17, 15) is 9.90 Å². The van der Waals surface area contributed by atoms with Crippen molar-refractivity contribution in [3.63, 3.8) is 0 Å². The van der Waals surface area contributed by atoms with Crippen molar-refractivity contribution < 1.29 is 9.90 Å². The van der Waals surface area contributed by atoms with Gasteiger partial charge in [0.05, 0.1) is 0 Å². The van der Waals surface area contributed by atoms with Crippen LogP contribution in [0.5, 0.6) is 0 Å². The summed E-state index contributed by atoms with van der Waals surface area (Å²) in [6.45, 7) is 7.88. The second-order valence-corrected chi connectivity index (χ2v) is 6.63. The number of allylic oxidation sites excluding steroid dienone is 6. The van der Waals surface area contributed by atoms with Crippen LogP contribution >= 0.6 is 0 Å². The summed E-state index contributed by atoms with van der Waals surface area (Å²) in [5.41, 5.74) is 4.95. The molecule has 1 saturated carbocycles. The molecular weight excluding hydrogens is 296 g/mol. The highest BCUT2D eigenvalue weighted by molar-refractivity contribution is 5.87. The van der Waals surface area contributed by atoms with Crippen LogP contribution in [0.25, 0.3) is 0 Å². The molecule has 2 nitrogen and oxygen atoms in total. The highest BCUT2D eigenvalue weighted by Crippen LogP contribution is 2.36. The van der Waals surface area contributed by atoms with Gasteiger partial charge in [-0.25, -0.2) is 4.79 Å². The average Bonchev–Trinajstić information content (AvgIpc) is 3.35. The van der Waals surface area contributed by atoms with Crippen LogP contribution in [0, 0.1) is 5.92 Å². The largest absolute Gasteiger partial charge is 0.478 e. The maximum Gasteiger partial charge on any atom is 0.331 e. The molecule has 0 aliphatic heterocycles. The van der Waals surface area contributed by atoms with E-state index in [0.29, 0.717) is 17.9 Å². The zero-order valence-corrected chi connectivity index (χ0v) is 14.6. The van der Waals surface area contributed by atoms with Crippen LogP contribution in [0.15, 0.2) is 77.4 Å². The van der Waals surface area contributed by atoms with E-state index in [1.165, 1.54) is 5.56 Å². The molecule has 0 heterocycles. The van der Waals surface area contributed by atoms with Gasteiger partial charge < -0.3 is 5.11 Å². The lowest BCUT2D eigenvalue weighted by Gasteiger charge is -2.13. The van der Waals surface area contributed by atoms with Gasteiger partial charge in [0, 0.05) is 5.57 Å². The fraction of sp³-hybridized carbons (Fsp3) is 0.318. The topological polar surface area (TPSA) is 37.3 Å². The molecule has 1 N–H and O–H groups in total. The van der Waals surface area contributed by atoms with E-state index < -0.39 is 5.97 Å². The highest BCUT2D eigenvalue weighted by Gasteiger charge is 2.25. The Kier molecular flexibility index (Phi) is 6.36. The van der Waals surface area contributed by atoms with Crippen molar-refractivity contribution in [1.29, 1.82) is 0 Å². The molecule has 0 amide bonds. The molecule has 0 saturated heterocycles. The van der Waals surface area contributed by atoms with Gasteiger partial charge in [-0.15, -0.1) is 0 Å². The number of aliphatic carboxylic acids is 1. The fourth-order valence-electron chi connectivity index (χ4n) is 2.78. The fourth-order valence-corrected chi connectivity index (χ4v) is 2.78. The Labute approximate surface area is 144 Å². The summed E-state index contributed by atoms with van der Waals surface area (Å²) in [7, 11) is 0. The lowest BCUT2D eigenvalue weighted by molar-refractivity contribution is -0.132. The van der Waals surface area contributed by atoms with Gasteiger partial charge in [0.15, 0.2) is 0 Å². The first-order valence-corrected chi connectivity index (χ1v) is 8.48. The van der Waals surface area contributed by atoms with E-state index in [0.717, 1.165) is 36.0 Å². The predicted octanol–water partition coefficient (Wildman–Crippen LogP) is 5.49. The molecule has 1 aliphatic rings. The van der Waals surface area contributed by atoms with Crippen molar-refractivity contribution in [2.45, 2.75) is 39.5 Å². The zero-order valence-electron chi connectivity index (χ0n) is 14.6. The highest BCUT2D eigenvalue weighted by atomic mass is 16.4. The van der Waals surface area contributed by atoms with Crippen molar-refractivity contribution >= 4 is 5.97 Å². The van der Waals surface area contributed by atoms with Crippen molar-refractivity contribution in [2.24, 2.45) is 5.92 Å². The number of carboxylic acids is 1. The Morgan fingerprint density at radius 3 is 2.38 bits per heavy atom. The van der Waals surface area contributed by atoms with E-state index in [4.69, 9.17) is 0 Å². The Morgan fingerprint density at radius 2 is 1.88 bits per heavy atom. The predicted molar refractivity (Wildman–Crippen MR) is 99.9 cm³/mol. The molecule has 0 aromatic heterocycles. The van der Waals surface area contributed by atoms with Gasteiger partial charge in [-0.05, 0) is 68.2 Å². The second kappa shape index (κ2) is 8.49. The number of carboxylic acid groups (broad SMARTS) is 1. The summed E-state index contributed by atoms with van der Waals surface area (Å²) in [4.78, 5) is 11.6. The van der Waals surface area contributed by atoms with Crippen LogP contribution in [-0.4, -0.2) is 11.1 Å². The number of benzene rings is 1. The lowest BCUT2D eigenvalue weighted by Crippen LogP contribution is -2.04. The summed E-state index contributed by atoms with van der Waals surface area (Å²) < 4.78 is 0. The van der Waals surface area contributed by atoms with Crippen LogP contribution in [0.3, 0.4) is 0 Å². The normalized spacial score (nSPS) is 15.1. The van der Waals surface area contributed by atoms with Gasteiger partial charge in [-0.3, -0.25) is 0 Å². The van der Waals surface area contributed by atoms with Crippen molar-refractivity contribution in [3.8, 4) is 0 Å². The van der Waals surface area contributed by atoms with Crippen LogP contribution in [0.1, 0.15) is 38.7 Å². The Hall–Kier alpha value is -2.35. The van der Waals surface area contributed by atoms with Gasteiger partial charge in [0.25, 0.3) is 0 Å². The first-order chi connectivity index (χ1) is 11.5. The van der Waals surface area contributed by atoms with Crippen LogP contribution < -0.4 is 0 Å². The van der Waals surface area contributed by atoms with Gasteiger partial charge >= 0.3 is 5.97 Å². The maximum absolute atomic E-state index is 11.6. The van der Waals surface area contributed by atoms with Crippen molar-refractivity contribution in [3.05, 3.63) is 83.0 Å². The molecule has 2 heteroatoms. The summed E-state index contributed by atoms with van der Waals surface area (Å²) in [6, 6.07) is 10.2. The standard InChI is InChI=1S/C22H26O2/c1-4-8-19(13-17-9-6-5-7-10-17)21(16(2)3)15-20(22(23)24)14-18-11-12-18/h4-10,15,18H,1,11-14H2,2-3H3,(H,23,24)/b19-8-,20-15+. The summed E-state index contributed by atoms with van der Waals surface area (Å²) in [6.07, 6.45) is 9.36. The number of rotatable bonds is 8. The Balaban J connectivity index is 2.35. The maximum atomic E-state index is 11.6. The first-order valence-electron chi connectivity index (χ1n) is 8.48. The van der Waals surface area contributed by atoms with Gasteiger partial charge in [-0.1, -0.05) is 54.6 Å². The minimum absolute atomic E-state index is 0.511. The van der Waals surface area contributed by atoms with Crippen LogP contribution in [0.4, 0.5) is 0 Å². The van der Waals surface area contributed by atoms with Crippen LogP contribution in [0.2, 0.25) is 0 Å². The molecular formula is C22H26O2. The third-order valence-corrected chi connectivity index (χ3v) is 4.24. The molecule has 1 aromatic carbocycles. The lowest BCUT2D eigenvalue weighted by atomic mass is 9.92. The van der Waals surface area contributed by atoms with Gasteiger partial charge in [0.2, 0.25) is 0 Å². The molecule has 126 valence electrons. The molecule has 0 spiro atoms. The molecule has 0 unspecified atom stereocenters. The molecule has 0 bridgehead atoms. The molecule has 0 radical (unpaired) electrons.